The number of hydrogen-bond donors (Lipinski definition) is 0. The molecule has 2 unspecified atom stereocenters. The minimum absolute atomic E-state index is 0.162. The molecule has 2 fully saturated rings. The average Bonchev–Trinajstić information content (AvgIpc) is 3.32. The van der Waals surface area contributed by atoms with Gasteiger partial charge in [0.1, 0.15) is 23.1 Å². The SMILES string of the molecule is Cc1cc(-c2nc(C#N)nc3c2ccn3C)ccc1OCCC1C2CCC1CN(C(=O)OC(C)(C)C)C2. The molecule has 8 nitrogen and oxygen atoms in total. The van der Waals surface area contributed by atoms with Crippen LogP contribution in [0.2, 0.25) is 0 Å². The van der Waals surface area contributed by atoms with E-state index in [9.17, 15) is 10.1 Å². The molecule has 1 amide bonds. The molecular formula is C29H35N5O3. The fourth-order valence-electron chi connectivity index (χ4n) is 5.95. The lowest BCUT2D eigenvalue weighted by Crippen LogP contribution is -2.47. The third kappa shape index (κ3) is 5.13. The molecule has 194 valence electrons. The Morgan fingerprint density at radius 3 is 2.54 bits per heavy atom. The molecule has 1 saturated heterocycles. The maximum atomic E-state index is 12.6. The number of fused-ring (bicyclic) bond motifs is 3. The summed E-state index contributed by atoms with van der Waals surface area (Å²) >= 11 is 0. The van der Waals surface area contributed by atoms with E-state index in [1.165, 1.54) is 12.8 Å². The number of hydrogen-bond acceptors (Lipinski definition) is 6. The summed E-state index contributed by atoms with van der Waals surface area (Å²) in [5.41, 5.74) is 3.00. The van der Waals surface area contributed by atoms with Crippen LogP contribution in [0.15, 0.2) is 30.5 Å². The van der Waals surface area contributed by atoms with Crippen molar-refractivity contribution in [2.45, 2.75) is 52.6 Å². The summed E-state index contributed by atoms with van der Waals surface area (Å²) in [5.74, 6) is 2.63. The van der Waals surface area contributed by atoms with Crippen LogP contribution in [0.4, 0.5) is 4.79 Å². The first-order chi connectivity index (χ1) is 17.6. The monoisotopic (exact) mass is 501 g/mol. The Morgan fingerprint density at radius 2 is 1.89 bits per heavy atom. The smallest absolute Gasteiger partial charge is 0.410 e. The Kier molecular flexibility index (Phi) is 6.57. The second-order valence-electron chi connectivity index (χ2n) is 11.4. The van der Waals surface area contributed by atoms with E-state index in [-0.39, 0.29) is 11.9 Å². The Labute approximate surface area is 218 Å². The van der Waals surface area contributed by atoms with Crippen molar-refractivity contribution in [1.29, 1.82) is 5.26 Å². The number of nitrogens with zero attached hydrogens (tertiary/aromatic N) is 5. The number of ether oxygens (including phenoxy) is 2. The average molecular weight is 502 g/mol. The number of aromatic nitrogens is 3. The molecule has 0 spiro atoms. The predicted molar refractivity (Wildman–Crippen MR) is 141 cm³/mol. The van der Waals surface area contributed by atoms with Crippen LogP contribution >= 0.6 is 0 Å². The van der Waals surface area contributed by atoms with Gasteiger partial charge in [0, 0.05) is 37.3 Å². The molecule has 37 heavy (non-hydrogen) atoms. The molecule has 1 aliphatic carbocycles. The number of amides is 1. The summed E-state index contributed by atoms with van der Waals surface area (Å²) in [5, 5.41) is 10.3. The third-order valence-corrected chi connectivity index (χ3v) is 7.66. The van der Waals surface area contributed by atoms with Crippen LogP contribution in [0.25, 0.3) is 22.3 Å². The number of carbonyl (C=O) groups is 1. The second-order valence-corrected chi connectivity index (χ2v) is 11.4. The second kappa shape index (κ2) is 9.70. The Hall–Kier alpha value is -3.60. The highest BCUT2D eigenvalue weighted by atomic mass is 16.6. The molecule has 1 aromatic carbocycles. The van der Waals surface area contributed by atoms with E-state index in [1.807, 2.05) is 68.6 Å². The summed E-state index contributed by atoms with van der Waals surface area (Å²) < 4.78 is 13.7. The van der Waals surface area contributed by atoms with Crippen LogP contribution in [-0.4, -0.2) is 50.8 Å². The highest BCUT2D eigenvalue weighted by Gasteiger charge is 2.43. The number of rotatable bonds is 5. The highest BCUT2D eigenvalue weighted by molar-refractivity contribution is 5.91. The van der Waals surface area contributed by atoms with Crippen molar-refractivity contribution in [3.05, 3.63) is 41.9 Å². The zero-order valence-corrected chi connectivity index (χ0v) is 22.3. The van der Waals surface area contributed by atoms with Gasteiger partial charge in [-0.15, -0.1) is 0 Å². The predicted octanol–water partition coefficient (Wildman–Crippen LogP) is 5.48. The number of carbonyl (C=O) groups excluding carboxylic acids is 1. The standard InChI is InChI=1S/C29H35N5O3/c1-18-14-19(26-23-10-12-33(5)27(23)32-25(15-30)31-26)8-9-24(18)36-13-11-22-20-6-7-21(22)17-34(16-20)28(35)37-29(2,3)4/h8-10,12,14,20-22H,6-7,11,13,16-17H2,1-5H3. The number of likely N-dealkylation sites (tertiary alicyclic amines) is 1. The summed E-state index contributed by atoms with van der Waals surface area (Å²) in [6.45, 7) is 9.99. The fraction of sp³-hybridized carbons (Fsp3) is 0.517. The zero-order chi connectivity index (χ0) is 26.3. The molecule has 3 aromatic rings. The molecule has 1 saturated carbocycles. The molecule has 2 aliphatic rings. The molecule has 8 heteroatoms. The van der Waals surface area contributed by atoms with Crippen LogP contribution < -0.4 is 4.74 Å². The molecule has 5 rings (SSSR count). The molecule has 2 aromatic heterocycles. The van der Waals surface area contributed by atoms with Crippen molar-refractivity contribution < 1.29 is 14.3 Å². The van der Waals surface area contributed by atoms with E-state index >= 15 is 0 Å². The van der Waals surface area contributed by atoms with E-state index < -0.39 is 5.60 Å². The van der Waals surface area contributed by atoms with Crippen molar-refractivity contribution in [2.24, 2.45) is 24.8 Å². The molecule has 0 radical (unpaired) electrons. The van der Waals surface area contributed by atoms with E-state index in [2.05, 4.69) is 22.1 Å². The van der Waals surface area contributed by atoms with Gasteiger partial charge >= 0.3 is 6.09 Å². The van der Waals surface area contributed by atoms with E-state index in [4.69, 9.17) is 9.47 Å². The summed E-state index contributed by atoms with van der Waals surface area (Å²) in [4.78, 5) is 23.3. The molecule has 2 atom stereocenters. The topological polar surface area (TPSA) is 93.3 Å². The van der Waals surface area contributed by atoms with Crippen LogP contribution in [0.3, 0.4) is 0 Å². The molecule has 1 aliphatic heterocycles. The minimum atomic E-state index is -0.465. The van der Waals surface area contributed by atoms with Gasteiger partial charge in [0.05, 0.1) is 12.3 Å². The van der Waals surface area contributed by atoms with Crippen molar-refractivity contribution in [3.63, 3.8) is 0 Å². The lowest BCUT2D eigenvalue weighted by Gasteiger charge is -2.38. The normalized spacial score (nSPS) is 21.2. The van der Waals surface area contributed by atoms with Gasteiger partial charge in [-0.2, -0.15) is 5.26 Å². The van der Waals surface area contributed by atoms with Gasteiger partial charge in [0.15, 0.2) is 0 Å². The maximum Gasteiger partial charge on any atom is 0.410 e. The first kappa shape index (κ1) is 25.1. The van der Waals surface area contributed by atoms with Crippen molar-refractivity contribution in [3.8, 4) is 23.1 Å². The number of piperidine rings is 1. The Bertz CT molecular complexity index is 1350. The Morgan fingerprint density at radius 1 is 1.16 bits per heavy atom. The quantitative estimate of drug-likeness (QED) is 0.460. The largest absolute Gasteiger partial charge is 0.493 e. The van der Waals surface area contributed by atoms with E-state index in [0.29, 0.717) is 24.4 Å². The lowest BCUT2D eigenvalue weighted by molar-refractivity contribution is 0.00625. The number of nitriles is 1. The Balaban J connectivity index is 1.23. The summed E-state index contributed by atoms with van der Waals surface area (Å²) in [7, 11) is 1.91. The molecule has 3 heterocycles. The van der Waals surface area contributed by atoms with Gasteiger partial charge < -0.3 is 18.9 Å². The van der Waals surface area contributed by atoms with Gasteiger partial charge in [-0.25, -0.2) is 14.8 Å². The van der Waals surface area contributed by atoms with E-state index in [1.54, 1.807) is 0 Å². The van der Waals surface area contributed by atoms with Crippen LogP contribution in [-0.2, 0) is 11.8 Å². The fourth-order valence-corrected chi connectivity index (χ4v) is 5.95. The van der Waals surface area contributed by atoms with Crippen LogP contribution in [0, 0.1) is 36.0 Å². The molecule has 2 bridgehead atoms. The molecule has 0 N–H and O–H groups in total. The van der Waals surface area contributed by atoms with Crippen LogP contribution in [0.1, 0.15) is 51.4 Å². The maximum absolute atomic E-state index is 12.6. The van der Waals surface area contributed by atoms with Crippen LogP contribution in [0.5, 0.6) is 5.75 Å². The van der Waals surface area contributed by atoms with Gasteiger partial charge in [-0.1, -0.05) is 0 Å². The van der Waals surface area contributed by atoms with Gasteiger partial charge in [-0.05, 0) is 94.5 Å². The van der Waals surface area contributed by atoms with Gasteiger partial charge in [0.2, 0.25) is 5.82 Å². The van der Waals surface area contributed by atoms with Gasteiger partial charge in [0.25, 0.3) is 0 Å². The summed E-state index contributed by atoms with van der Waals surface area (Å²) in [6.07, 6.45) is 5.06. The van der Waals surface area contributed by atoms with Crippen molar-refractivity contribution >= 4 is 17.1 Å². The lowest BCUT2D eigenvalue weighted by atomic mass is 9.83. The van der Waals surface area contributed by atoms with Crippen molar-refractivity contribution in [2.75, 3.05) is 19.7 Å². The minimum Gasteiger partial charge on any atom is -0.493 e. The van der Waals surface area contributed by atoms with E-state index in [0.717, 1.165) is 53.1 Å². The summed E-state index contributed by atoms with van der Waals surface area (Å²) in [6, 6.07) is 10.1. The molecular weight excluding hydrogens is 466 g/mol. The zero-order valence-electron chi connectivity index (χ0n) is 22.3. The highest BCUT2D eigenvalue weighted by Crippen LogP contribution is 2.44. The third-order valence-electron chi connectivity index (χ3n) is 7.66. The first-order valence-corrected chi connectivity index (χ1v) is 13.1. The number of benzene rings is 1. The van der Waals surface area contributed by atoms with Gasteiger partial charge in [-0.3, -0.25) is 0 Å². The first-order valence-electron chi connectivity index (χ1n) is 13.1. The van der Waals surface area contributed by atoms with Crippen molar-refractivity contribution in [1.82, 2.24) is 19.4 Å². The number of aryl methyl sites for hydroxylation is 2.